The average Bonchev–Trinajstić information content (AvgIpc) is 2.95. The maximum Gasteiger partial charge on any atom is 0.311 e. The smallest absolute Gasteiger partial charge is 0.311 e. The molecule has 0 radical (unpaired) electrons. The fourth-order valence-electron chi connectivity index (χ4n) is 1.54. The number of hydrogen-bond donors (Lipinski definition) is 1. The summed E-state index contributed by atoms with van der Waals surface area (Å²) in [5, 5.41) is 15.8. The van der Waals surface area contributed by atoms with Crippen molar-refractivity contribution in [3.63, 3.8) is 0 Å². The zero-order chi connectivity index (χ0) is 13.7. The second-order valence-electron chi connectivity index (χ2n) is 3.74. The van der Waals surface area contributed by atoms with Gasteiger partial charge in [0.05, 0.1) is 13.5 Å². The van der Waals surface area contributed by atoms with E-state index in [0.717, 1.165) is 5.56 Å². The van der Waals surface area contributed by atoms with Gasteiger partial charge in [0.2, 0.25) is 0 Å². The first kappa shape index (κ1) is 12.8. The highest BCUT2D eigenvalue weighted by Gasteiger charge is 2.16. The molecule has 6 heteroatoms. The van der Waals surface area contributed by atoms with E-state index in [-0.39, 0.29) is 17.9 Å². The fourth-order valence-corrected chi connectivity index (χ4v) is 1.54. The standard InChI is InChI=1S/C13H12N2O4/c1-18-13(16)8-11(14-17)12-7-10(15-19-12)9-5-3-2-4-6-9/h2-7,17H,8H2,1H3/b14-11+. The molecule has 0 aliphatic heterocycles. The fraction of sp³-hybridized carbons (Fsp3) is 0.154. The van der Waals surface area contributed by atoms with Crippen LogP contribution in [-0.4, -0.2) is 29.2 Å². The van der Waals surface area contributed by atoms with E-state index in [1.807, 2.05) is 30.3 Å². The molecule has 6 nitrogen and oxygen atoms in total. The first-order chi connectivity index (χ1) is 9.24. The number of methoxy groups -OCH3 is 1. The number of benzene rings is 1. The van der Waals surface area contributed by atoms with E-state index in [0.29, 0.717) is 5.69 Å². The van der Waals surface area contributed by atoms with Gasteiger partial charge in [-0.1, -0.05) is 40.6 Å². The number of ether oxygens (including phenoxy) is 1. The van der Waals surface area contributed by atoms with Crippen LogP contribution in [0.25, 0.3) is 11.3 Å². The molecular formula is C13H12N2O4. The Labute approximate surface area is 109 Å². The van der Waals surface area contributed by atoms with Crippen LogP contribution in [0.3, 0.4) is 0 Å². The van der Waals surface area contributed by atoms with E-state index in [2.05, 4.69) is 15.0 Å². The topological polar surface area (TPSA) is 84.9 Å². The third-order valence-electron chi connectivity index (χ3n) is 2.52. The Balaban J connectivity index is 2.23. The molecule has 0 fully saturated rings. The summed E-state index contributed by atoms with van der Waals surface area (Å²) >= 11 is 0. The van der Waals surface area contributed by atoms with Crippen molar-refractivity contribution in [3.05, 3.63) is 42.2 Å². The van der Waals surface area contributed by atoms with Crippen molar-refractivity contribution in [2.24, 2.45) is 5.16 Å². The van der Waals surface area contributed by atoms with Gasteiger partial charge in [-0.3, -0.25) is 4.79 Å². The molecule has 98 valence electrons. The lowest BCUT2D eigenvalue weighted by Crippen LogP contribution is -2.10. The SMILES string of the molecule is COC(=O)C/C(=N\O)c1cc(-c2ccccc2)no1. The quantitative estimate of drug-likeness (QED) is 0.393. The van der Waals surface area contributed by atoms with Crippen molar-refractivity contribution >= 4 is 11.7 Å². The molecule has 0 atom stereocenters. The van der Waals surface area contributed by atoms with Gasteiger partial charge in [-0.2, -0.15) is 0 Å². The molecule has 0 unspecified atom stereocenters. The van der Waals surface area contributed by atoms with Gasteiger partial charge >= 0.3 is 5.97 Å². The minimum Gasteiger partial charge on any atom is -0.469 e. The zero-order valence-corrected chi connectivity index (χ0v) is 10.2. The molecule has 0 saturated heterocycles. The van der Waals surface area contributed by atoms with Gasteiger partial charge in [0, 0.05) is 11.6 Å². The maximum absolute atomic E-state index is 11.2. The second kappa shape index (κ2) is 5.81. The number of oxime groups is 1. The van der Waals surface area contributed by atoms with E-state index in [1.165, 1.54) is 7.11 Å². The van der Waals surface area contributed by atoms with Gasteiger partial charge in [-0.15, -0.1) is 0 Å². The molecule has 1 N–H and O–H groups in total. The Morgan fingerprint density at radius 2 is 2.16 bits per heavy atom. The normalized spacial score (nSPS) is 11.3. The molecule has 19 heavy (non-hydrogen) atoms. The number of carbonyl (C=O) groups is 1. The van der Waals surface area contributed by atoms with Crippen LogP contribution in [0.4, 0.5) is 0 Å². The van der Waals surface area contributed by atoms with Crippen LogP contribution in [0, 0.1) is 0 Å². The predicted octanol–water partition coefficient (Wildman–Crippen LogP) is 2.08. The van der Waals surface area contributed by atoms with E-state index in [4.69, 9.17) is 9.73 Å². The van der Waals surface area contributed by atoms with Gasteiger partial charge in [-0.05, 0) is 0 Å². The highest BCUT2D eigenvalue weighted by atomic mass is 16.5. The minimum atomic E-state index is -0.523. The summed E-state index contributed by atoms with van der Waals surface area (Å²) in [4.78, 5) is 11.2. The lowest BCUT2D eigenvalue weighted by molar-refractivity contribution is -0.139. The number of nitrogens with zero attached hydrogens (tertiary/aromatic N) is 2. The van der Waals surface area contributed by atoms with E-state index in [1.54, 1.807) is 6.07 Å². The molecule has 0 saturated carbocycles. The third kappa shape index (κ3) is 2.98. The summed E-state index contributed by atoms with van der Waals surface area (Å²) < 4.78 is 9.57. The van der Waals surface area contributed by atoms with Gasteiger partial charge in [0.1, 0.15) is 11.4 Å². The summed E-state index contributed by atoms with van der Waals surface area (Å²) in [7, 11) is 1.26. The average molecular weight is 260 g/mol. The summed E-state index contributed by atoms with van der Waals surface area (Å²) in [6.45, 7) is 0. The minimum absolute atomic E-state index is 0.0709. The zero-order valence-electron chi connectivity index (χ0n) is 10.2. The van der Waals surface area contributed by atoms with Gasteiger partial charge in [0.25, 0.3) is 0 Å². The van der Waals surface area contributed by atoms with Crippen molar-refractivity contribution < 1.29 is 19.3 Å². The van der Waals surface area contributed by atoms with Crippen LogP contribution in [0.15, 0.2) is 46.1 Å². The highest BCUT2D eigenvalue weighted by molar-refractivity contribution is 6.07. The molecule has 1 aromatic heterocycles. The number of aromatic nitrogens is 1. The Bertz CT molecular complexity index is 590. The van der Waals surface area contributed by atoms with Crippen molar-refractivity contribution in [2.75, 3.05) is 7.11 Å². The largest absolute Gasteiger partial charge is 0.469 e. The van der Waals surface area contributed by atoms with Crippen LogP contribution in [0.2, 0.25) is 0 Å². The lowest BCUT2D eigenvalue weighted by Gasteiger charge is -1.97. The van der Waals surface area contributed by atoms with Gasteiger partial charge < -0.3 is 14.5 Å². The molecule has 1 aromatic carbocycles. The van der Waals surface area contributed by atoms with Gasteiger partial charge in [0.15, 0.2) is 5.76 Å². The number of hydrogen-bond acceptors (Lipinski definition) is 6. The Morgan fingerprint density at radius 3 is 2.79 bits per heavy atom. The third-order valence-corrected chi connectivity index (χ3v) is 2.52. The molecule has 0 aliphatic carbocycles. The number of esters is 1. The lowest BCUT2D eigenvalue weighted by atomic mass is 10.1. The van der Waals surface area contributed by atoms with Crippen LogP contribution >= 0.6 is 0 Å². The molecule has 0 amide bonds. The molecular weight excluding hydrogens is 248 g/mol. The van der Waals surface area contributed by atoms with Crippen molar-refractivity contribution in [1.82, 2.24) is 5.16 Å². The van der Waals surface area contributed by atoms with E-state index < -0.39 is 5.97 Å². The first-order valence-electron chi connectivity index (χ1n) is 5.55. The molecule has 0 aliphatic rings. The Hall–Kier alpha value is -2.63. The summed E-state index contributed by atoms with van der Waals surface area (Å²) in [6.07, 6.45) is -0.184. The molecule has 2 rings (SSSR count). The number of carbonyl (C=O) groups excluding carboxylic acids is 1. The van der Waals surface area contributed by atoms with Crippen LogP contribution in [0.5, 0.6) is 0 Å². The van der Waals surface area contributed by atoms with Crippen LogP contribution in [0.1, 0.15) is 12.2 Å². The van der Waals surface area contributed by atoms with E-state index in [9.17, 15) is 4.79 Å². The monoisotopic (exact) mass is 260 g/mol. The summed E-state index contributed by atoms with van der Waals surface area (Å²) in [5.41, 5.74) is 1.54. The molecule has 0 spiro atoms. The van der Waals surface area contributed by atoms with E-state index >= 15 is 0 Å². The maximum atomic E-state index is 11.2. The first-order valence-corrected chi connectivity index (χ1v) is 5.55. The molecule has 1 heterocycles. The van der Waals surface area contributed by atoms with Crippen LogP contribution < -0.4 is 0 Å². The Kier molecular flexibility index (Phi) is 3.92. The second-order valence-corrected chi connectivity index (χ2v) is 3.74. The molecule has 0 bridgehead atoms. The highest BCUT2D eigenvalue weighted by Crippen LogP contribution is 2.19. The molecule has 2 aromatic rings. The summed E-state index contributed by atoms with van der Waals surface area (Å²) in [6, 6.07) is 11.0. The van der Waals surface area contributed by atoms with Crippen molar-refractivity contribution in [3.8, 4) is 11.3 Å². The number of rotatable bonds is 4. The van der Waals surface area contributed by atoms with Crippen molar-refractivity contribution in [1.29, 1.82) is 0 Å². The Morgan fingerprint density at radius 1 is 1.42 bits per heavy atom. The van der Waals surface area contributed by atoms with Gasteiger partial charge in [-0.25, -0.2) is 0 Å². The van der Waals surface area contributed by atoms with Crippen molar-refractivity contribution in [2.45, 2.75) is 6.42 Å². The summed E-state index contributed by atoms with van der Waals surface area (Å²) in [5.74, 6) is -0.294. The van der Waals surface area contributed by atoms with Crippen LogP contribution in [-0.2, 0) is 9.53 Å². The predicted molar refractivity (Wildman–Crippen MR) is 66.9 cm³/mol.